The standard InChI is InChI=1S/C28H35ClN6O5S/c1-16-11-17(2)24(18(3)12-16)41(38,39)35-21(26(37)40-28(4,5)6)15-32-25(36)20-9-7-19(8-10-20)14-31-23-13-22(29)33-27(30)34-23/h7-13,21,35H,14-15H2,1-6H3,(H,32,36)(H3,30,31,33,34). The molecular formula is C28H35ClN6O5S. The van der Waals surface area contributed by atoms with E-state index in [1.807, 2.05) is 6.92 Å². The number of nitrogens with one attached hydrogen (secondary N) is 3. The molecule has 11 nitrogen and oxygen atoms in total. The smallest absolute Gasteiger partial charge is 0.326 e. The number of anilines is 2. The van der Waals surface area contributed by atoms with Gasteiger partial charge in [-0.05, 0) is 70.4 Å². The average Bonchev–Trinajstić information content (AvgIpc) is 2.83. The van der Waals surface area contributed by atoms with Crippen LogP contribution in [0.2, 0.25) is 5.15 Å². The molecule has 220 valence electrons. The van der Waals surface area contributed by atoms with Crippen LogP contribution in [0.1, 0.15) is 53.4 Å². The van der Waals surface area contributed by atoms with Gasteiger partial charge in [0.2, 0.25) is 16.0 Å². The molecule has 0 bridgehead atoms. The lowest BCUT2D eigenvalue weighted by Crippen LogP contribution is -2.50. The number of nitrogens with zero attached hydrogens (tertiary/aromatic N) is 2. The van der Waals surface area contributed by atoms with E-state index >= 15 is 0 Å². The quantitative estimate of drug-likeness (QED) is 0.200. The molecule has 1 heterocycles. The predicted molar refractivity (Wildman–Crippen MR) is 158 cm³/mol. The van der Waals surface area contributed by atoms with Crippen LogP contribution in [-0.4, -0.2) is 48.4 Å². The summed E-state index contributed by atoms with van der Waals surface area (Å²) in [6.45, 7) is 10.3. The van der Waals surface area contributed by atoms with Crippen LogP contribution in [0, 0.1) is 20.8 Å². The van der Waals surface area contributed by atoms with Gasteiger partial charge in [0, 0.05) is 24.7 Å². The van der Waals surface area contributed by atoms with Gasteiger partial charge in [-0.15, -0.1) is 0 Å². The Balaban J connectivity index is 1.71. The minimum absolute atomic E-state index is 0.0446. The van der Waals surface area contributed by atoms with Crippen LogP contribution in [0.15, 0.2) is 47.4 Å². The molecule has 2 aromatic carbocycles. The van der Waals surface area contributed by atoms with E-state index in [9.17, 15) is 18.0 Å². The summed E-state index contributed by atoms with van der Waals surface area (Å²) in [4.78, 5) is 33.8. The lowest BCUT2D eigenvalue weighted by atomic mass is 10.1. The van der Waals surface area contributed by atoms with Crippen molar-refractivity contribution >= 4 is 45.3 Å². The van der Waals surface area contributed by atoms with E-state index in [4.69, 9.17) is 22.1 Å². The summed E-state index contributed by atoms with van der Waals surface area (Å²) in [5.74, 6) is -0.801. The average molecular weight is 603 g/mol. The number of hydrogen-bond acceptors (Lipinski definition) is 9. The fraction of sp³-hybridized carbons (Fsp3) is 0.357. The van der Waals surface area contributed by atoms with Gasteiger partial charge >= 0.3 is 5.97 Å². The molecular weight excluding hydrogens is 568 g/mol. The highest BCUT2D eigenvalue weighted by Gasteiger charge is 2.31. The topological polar surface area (TPSA) is 165 Å². The first-order valence-corrected chi connectivity index (χ1v) is 14.6. The first-order valence-electron chi connectivity index (χ1n) is 12.8. The van der Waals surface area contributed by atoms with Gasteiger partial charge in [0.15, 0.2) is 0 Å². The minimum Gasteiger partial charge on any atom is -0.459 e. The number of hydrogen-bond donors (Lipinski definition) is 4. The molecule has 0 spiro atoms. The first kappa shape index (κ1) is 31.8. The van der Waals surface area contributed by atoms with Gasteiger partial charge in [-0.2, -0.15) is 9.71 Å². The van der Waals surface area contributed by atoms with Crippen LogP contribution in [0.4, 0.5) is 11.8 Å². The fourth-order valence-electron chi connectivity index (χ4n) is 4.17. The Kier molecular flexibility index (Phi) is 9.95. The number of carbonyl (C=O) groups excluding carboxylic acids is 2. The Morgan fingerprint density at radius 3 is 2.20 bits per heavy atom. The van der Waals surface area contributed by atoms with E-state index in [0.717, 1.165) is 11.1 Å². The van der Waals surface area contributed by atoms with Gasteiger partial charge in [0.1, 0.15) is 22.6 Å². The predicted octanol–water partition coefficient (Wildman–Crippen LogP) is 3.67. The molecule has 0 radical (unpaired) electrons. The summed E-state index contributed by atoms with van der Waals surface area (Å²) in [7, 11) is -4.13. The van der Waals surface area contributed by atoms with Gasteiger partial charge in [-0.25, -0.2) is 13.4 Å². The molecule has 0 saturated carbocycles. The Labute approximate surface area is 245 Å². The molecule has 1 aromatic heterocycles. The minimum atomic E-state index is -4.13. The van der Waals surface area contributed by atoms with Gasteiger partial charge < -0.3 is 21.1 Å². The summed E-state index contributed by atoms with van der Waals surface area (Å²) in [6, 6.07) is 10.4. The maximum atomic E-state index is 13.4. The Morgan fingerprint density at radius 2 is 1.63 bits per heavy atom. The summed E-state index contributed by atoms with van der Waals surface area (Å²) in [5.41, 5.74) is 7.91. The second-order valence-corrected chi connectivity index (χ2v) is 12.7. The van der Waals surface area contributed by atoms with Crippen molar-refractivity contribution in [3.8, 4) is 0 Å². The largest absolute Gasteiger partial charge is 0.459 e. The van der Waals surface area contributed by atoms with Crippen molar-refractivity contribution in [2.24, 2.45) is 0 Å². The Morgan fingerprint density at radius 1 is 1.02 bits per heavy atom. The molecule has 1 unspecified atom stereocenters. The maximum absolute atomic E-state index is 13.4. The third-order valence-electron chi connectivity index (χ3n) is 5.73. The van der Waals surface area contributed by atoms with Crippen LogP contribution in [0.5, 0.6) is 0 Å². The number of aromatic nitrogens is 2. The van der Waals surface area contributed by atoms with Crippen LogP contribution in [0.3, 0.4) is 0 Å². The van der Waals surface area contributed by atoms with E-state index in [-0.39, 0.29) is 22.5 Å². The van der Waals surface area contributed by atoms with E-state index in [2.05, 4.69) is 25.3 Å². The van der Waals surface area contributed by atoms with Gasteiger partial charge in [0.05, 0.1) is 4.90 Å². The van der Waals surface area contributed by atoms with Gasteiger partial charge in [-0.1, -0.05) is 41.4 Å². The normalized spacial score (nSPS) is 12.5. The SMILES string of the molecule is Cc1cc(C)c(S(=O)(=O)NC(CNC(=O)c2ccc(CNc3cc(Cl)nc(N)n3)cc2)C(=O)OC(C)(C)C)c(C)c1. The number of esters is 1. The molecule has 5 N–H and O–H groups in total. The number of amides is 1. The Bertz CT molecular complexity index is 1500. The maximum Gasteiger partial charge on any atom is 0.326 e. The molecule has 3 aromatic rings. The number of aryl methyl sites for hydroxylation is 3. The summed E-state index contributed by atoms with van der Waals surface area (Å²) >= 11 is 5.89. The van der Waals surface area contributed by atoms with Crippen molar-refractivity contribution in [3.63, 3.8) is 0 Å². The second kappa shape index (κ2) is 12.8. The lowest BCUT2D eigenvalue weighted by molar-refractivity contribution is -0.156. The number of carbonyl (C=O) groups is 2. The van der Waals surface area contributed by atoms with Crippen molar-refractivity contribution in [1.82, 2.24) is 20.0 Å². The number of sulfonamides is 1. The number of rotatable bonds is 10. The van der Waals surface area contributed by atoms with Crippen molar-refractivity contribution < 1.29 is 22.7 Å². The highest BCUT2D eigenvalue weighted by Crippen LogP contribution is 2.22. The molecule has 0 saturated heterocycles. The highest BCUT2D eigenvalue weighted by atomic mass is 35.5. The third kappa shape index (κ3) is 9.13. The first-order chi connectivity index (χ1) is 19.0. The number of nitrogens with two attached hydrogens (primary N) is 1. The zero-order valence-corrected chi connectivity index (χ0v) is 25.4. The van der Waals surface area contributed by atoms with E-state index in [0.29, 0.717) is 29.1 Å². The van der Waals surface area contributed by atoms with Crippen LogP contribution < -0.4 is 21.1 Å². The molecule has 0 aliphatic carbocycles. The monoisotopic (exact) mass is 602 g/mol. The molecule has 0 aliphatic heterocycles. The number of benzene rings is 2. The molecule has 3 rings (SSSR count). The third-order valence-corrected chi connectivity index (χ3v) is 7.70. The number of nitrogen functional groups attached to an aromatic ring is 1. The number of halogens is 1. The van der Waals surface area contributed by atoms with Gasteiger partial charge in [-0.3, -0.25) is 9.59 Å². The Hall–Kier alpha value is -3.74. The zero-order chi connectivity index (χ0) is 30.5. The summed E-state index contributed by atoms with van der Waals surface area (Å²) < 4.78 is 34.6. The summed E-state index contributed by atoms with van der Waals surface area (Å²) in [6.07, 6.45) is 0. The van der Waals surface area contributed by atoms with Crippen molar-refractivity contribution in [2.45, 2.75) is 64.6 Å². The fourth-order valence-corrected chi connectivity index (χ4v) is 6.00. The van der Waals surface area contributed by atoms with Crippen LogP contribution in [0.25, 0.3) is 0 Å². The molecule has 0 fully saturated rings. The van der Waals surface area contributed by atoms with E-state index in [1.165, 1.54) is 6.07 Å². The second-order valence-electron chi connectivity index (χ2n) is 10.6. The van der Waals surface area contributed by atoms with Crippen molar-refractivity contribution in [3.05, 3.63) is 75.4 Å². The summed E-state index contributed by atoms with van der Waals surface area (Å²) in [5, 5.41) is 5.93. The van der Waals surface area contributed by atoms with Crippen LogP contribution >= 0.6 is 11.6 Å². The van der Waals surface area contributed by atoms with Gasteiger partial charge in [0.25, 0.3) is 5.91 Å². The van der Waals surface area contributed by atoms with E-state index in [1.54, 1.807) is 71.0 Å². The number of ether oxygens (including phenoxy) is 1. The molecule has 0 aliphatic rings. The van der Waals surface area contributed by atoms with Crippen molar-refractivity contribution in [2.75, 3.05) is 17.6 Å². The zero-order valence-electron chi connectivity index (χ0n) is 23.8. The molecule has 1 atom stereocenters. The van der Waals surface area contributed by atoms with E-state index < -0.39 is 33.5 Å². The lowest BCUT2D eigenvalue weighted by Gasteiger charge is -2.25. The molecule has 1 amide bonds. The van der Waals surface area contributed by atoms with Crippen LogP contribution in [-0.2, 0) is 26.1 Å². The molecule has 41 heavy (non-hydrogen) atoms. The van der Waals surface area contributed by atoms with Crippen molar-refractivity contribution in [1.29, 1.82) is 0 Å². The molecule has 13 heteroatoms. The highest BCUT2D eigenvalue weighted by molar-refractivity contribution is 7.89.